The maximum Gasteiger partial charge on any atom is 0.221 e. The summed E-state index contributed by atoms with van der Waals surface area (Å²) in [6, 6.07) is 0. The van der Waals surface area contributed by atoms with E-state index in [1.54, 1.807) is 0 Å². The summed E-state index contributed by atoms with van der Waals surface area (Å²) in [6.45, 7) is 1.15. The van der Waals surface area contributed by atoms with Gasteiger partial charge < -0.3 is 11.1 Å². The van der Waals surface area contributed by atoms with Crippen molar-refractivity contribution in [2.75, 3.05) is 13.1 Å². The number of carbonyl (C=O) groups excluding carboxylic acids is 1. The first-order chi connectivity index (χ1) is 8.79. The molecule has 0 spiro atoms. The summed E-state index contributed by atoms with van der Waals surface area (Å²) in [5, 5.41) is 4.10. The lowest BCUT2D eigenvalue weighted by Crippen LogP contribution is -2.26. The number of nitrogens with one attached hydrogen (secondary N) is 1. The summed E-state index contributed by atoms with van der Waals surface area (Å²) < 4.78 is 0. The quantitative estimate of drug-likeness (QED) is 0.788. The van der Waals surface area contributed by atoms with Crippen LogP contribution in [0.1, 0.15) is 41.3 Å². The van der Waals surface area contributed by atoms with Crippen LogP contribution in [0.3, 0.4) is 0 Å². The largest absolute Gasteiger partial charge is 0.356 e. The predicted molar refractivity (Wildman–Crippen MR) is 81.0 cm³/mol. The van der Waals surface area contributed by atoms with Gasteiger partial charge in [-0.15, -0.1) is 23.7 Å². The third kappa shape index (κ3) is 5.09. The second kappa shape index (κ2) is 8.51. The summed E-state index contributed by atoms with van der Waals surface area (Å²) in [6.07, 6.45) is 7.31. The van der Waals surface area contributed by atoms with Crippen molar-refractivity contribution in [2.24, 2.45) is 5.73 Å². The Kier molecular flexibility index (Phi) is 7.34. The molecule has 1 amide bonds. The second-order valence-corrected chi connectivity index (χ2v) is 5.84. The predicted octanol–water partition coefficient (Wildman–Crippen LogP) is 1.84. The second-order valence-electron chi connectivity index (χ2n) is 4.68. The normalized spacial score (nSPS) is 13.5. The molecule has 1 aromatic rings. The molecule has 19 heavy (non-hydrogen) atoms. The van der Waals surface area contributed by atoms with Crippen LogP contribution < -0.4 is 11.1 Å². The number of halogens is 1. The van der Waals surface area contributed by atoms with Crippen LogP contribution in [0.25, 0.3) is 0 Å². The molecule has 1 heterocycles. The van der Waals surface area contributed by atoms with E-state index in [0.717, 1.165) is 25.8 Å². The Labute approximate surface area is 124 Å². The standard InChI is InChI=1S/C13H21N3OS.ClH/c14-8-7-12(17)15-9-3-6-13-16-10-4-1-2-5-11(10)18-13;/h1-9,14H2,(H,15,17);1H. The van der Waals surface area contributed by atoms with E-state index in [1.165, 1.54) is 34.8 Å². The number of rotatable bonds is 6. The minimum Gasteiger partial charge on any atom is -0.356 e. The zero-order valence-corrected chi connectivity index (χ0v) is 12.7. The number of nitrogens with two attached hydrogens (primary N) is 1. The molecule has 0 saturated heterocycles. The molecule has 1 aliphatic rings. The molecular formula is C13H22ClN3OS. The van der Waals surface area contributed by atoms with Crippen molar-refractivity contribution in [3.05, 3.63) is 15.6 Å². The fourth-order valence-corrected chi connectivity index (χ4v) is 3.40. The minimum absolute atomic E-state index is 0. The highest BCUT2D eigenvalue weighted by Crippen LogP contribution is 2.27. The Hall–Kier alpha value is -0.650. The molecule has 0 atom stereocenters. The first kappa shape index (κ1) is 16.4. The molecule has 0 saturated carbocycles. The van der Waals surface area contributed by atoms with Gasteiger partial charge in [0.25, 0.3) is 0 Å². The lowest BCUT2D eigenvalue weighted by atomic mass is 10.0. The molecule has 0 fully saturated rings. The van der Waals surface area contributed by atoms with Gasteiger partial charge in [-0.25, -0.2) is 4.98 Å². The topological polar surface area (TPSA) is 68.0 Å². The number of thiazole rings is 1. The van der Waals surface area contributed by atoms with Gasteiger partial charge in [-0.05, 0) is 32.1 Å². The molecule has 0 bridgehead atoms. The van der Waals surface area contributed by atoms with Gasteiger partial charge >= 0.3 is 0 Å². The van der Waals surface area contributed by atoms with Crippen molar-refractivity contribution >= 4 is 29.7 Å². The molecule has 2 rings (SSSR count). The van der Waals surface area contributed by atoms with E-state index in [2.05, 4.69) is 10.3 Å². The summed E-state index contributed by atoms with van der Waals surface area (Å²) >= 11 is 1.86. The Morgan fingerprint density at radius 3 is 2.89 bits per heavy atom. The number of fused-ring (bicyclic) bond motifs is 1. The number of aromatic nitrogens is 1. The third-order valence-corrected chi connectivity index (χ3v) is 4.37. The monoisotopic (exact) mass is 303 g/mol. The van der Waals surface area contributed by atoms with Gasteiger partial charge in [-0.1, -0.05) is 0 Å². The number of amides is 1. The Bertz CT molecular complexity index is 385. The molecule has 1 aromatic heterocycles. The van der Waals surface area contributed by atoms with Crippen molar-refractivity contribution < 1.29 is 4.79 Å². The summed E-state index contributed by atoms with van der Waals surface area (Å²) in [4.78, 5) is 17.4. The van der Waals surface area contributed by atoms with Crippen LogP contribution in [0.5, 0.6) is 0 Å². The number of nitrogens with zero attached hydrogens (tertiary/aromatic N) is 1. The zero-order valence-electron chi connectivity index (χ0n) is 11.1. The molecule has 0 aliphatic heterocycles. The fourth-order valence-electron chi connectivity index (χ4n) is 2.20. The average Bonchev–Trinajstić information content (AvgIpc) is 2.77. The van der Waals surface area contributed by atoms with Crippen LogP contribution in [0, 0.1) is 0 Å². The van der Waals surface area contributed by atoms with Crippen LogP contribution in [0.2, 0.25) is 0 Å². The van der Waals surface area contributed by atoms with E-state index in [-0.39, 0.29) is 18.3 Å². The van der Waals surface area contributed by atoms with Gasteiger partial charge in [0.15, 0.2) is 0 Å². The molecule has 3 N–H and O–H groups in total. The highest BCUT2D eigenvalue weighted by Gasteiger charge is 2.14. The molecule has 0 radical (unpaired) electrons. The van der Waals surface area contributed by atoms with E-state index in [1.807, 2.05) is 11.3 Å². The molecule has 0 unspecified atom stereocenters. The maximum atomic E-state index is 11.2. The minimum atomic E-state index is 0. The van der Waals surface area contributed by atoms with Crippen LogP contribution in [0.15, 0.2) is 0 Å². The summed E-state index contributed by atoms with van der Waals surface area (Å²) in [7, 11) is 0. The number of aryl methyl sites for hydroxylation is 3. The van der Waals surface area contributed by atoms with E-state index < -0.39 is 0 Å². The van der Waals surface area contributed by atoms with Crippen molar-refractivity contribution in [2.45, 2.75) is 44.9 Å². The Balaban J connectivity index is 0.00000180. The Morgan fingerprint density at radius 1 is 1.37 bits per heavy atom. The lowest BCUT2D eigenvalue weighted by molar-refractivity contribution is -0.120. The highest BCUT2D eigenvalue weighted by atomic mass is 35.5. The first-order valence-corrected chi connectivity index (χ1v) is 7.55. The average molecular weight is 304 g/mol. The third-order valence-electron chi connectivity index (χ3n) is 3.15. The molecule has 1 aliphatic carbocycles. The van der Waals surface area contributed by atoms with E-state index in [0.29, 0.717) is 13.0 Å². The molecule has 108 valence electrons. The number of carbonyl (C=O) groups is 1. The van der Waals surface area contributed by atoms with Gasteiger partial charge in [0, 0.05) is 30.8 Å². The SMILES string of the molecule is Cl.NCCC(=O)NCCCc1nc2c(s1)CCCC2. The zero-order chi connectivity index (χ0) is 12.8. The number of hydrogen-bond donors (Lipinski definition) is 2. The van der Waals surface area contributed by atoms with Crippen LogP contribution in [-0.4, -0.2) is 24.0 Å². The van der Waals surface area contributed by atoms with Gasteiger partial charge in [0.05, 0.1) is 10.7 Å². The van der Waals surface area contributed by atoms with Crippen LogP contribution in [-0.2, 0) is 24.1 Å². The lowest BCUT2D eigenvalue weighted by Gasteiger charge is -2.06. The van der Waals surface area contributed by atoms with Crippen LogP contribution >= 0.6 is 23.7 Å². The van der Waals surface area contributed by atoms with Gasteiger partial charge in [0.2, 0.25) is 5.91 Å². The van der Waals surface area contributed by atoms with Crippen molar-refractivity contribution in [3.8, 4) is 0 Å². The van der Waals surface area contributed by atoms with Crippen LogP contribution in [0.4, 0.5) is 0 Å². The van der Waals surface area contributed by atoms with Gasteiger partial charge in [-0.2, -0.15) is 0 Å². The highest BCUT2D eigenvalue weighted by molar-refractivity contribution is 7.11. The maximum absolute atomic E-state index is 11.2. The van der Waals surface area contributed by atoms with E-state index >= 15 is 0 Å². The smallest absolute Gasteiger partial charge is 0.221 e. The van der Waals surface area contributed by atoms with E-state index in [9.17, 15) is 4.79 Å². The molecule has 4 nitrogen and oxygen atoms in total. The first-order valence-electron chi connectivity index (χ1n) is 6.74. The number of hydrogen-bond acceptors (Lipinski definition) is 4. The van der Waals surface area contributed by atoms with E-state index in [4.69, 9.17) is 5.73 Å². The summed E-state index contributed by atoms with van der Waals surface area (Å²) in [5.41, 5.74) is 6.64. The molecular weight excluding hydrogens is 282 g/mol. The van der Waals surface area contributed by atoms with Crippen molar-refractivity contribution in [3.63, 3.8) is 0 Å². The van der Waals surface area contributed by atoms with Gasteiger partial charge in [-0.3, -0.25) is 4.79 Å². The van der Waals surface area contributed by atoms with Crippen molar-refractivity contribution in [1.29, 1.82) is 0 Å². The Morgan fingerprint density at radius 2 is 2.16 bits per heavy atom. The molecule has 0 aromatic carbocycles. The fraction of sp³-hybridized carbons (Fsp3) is 0.692. The van der Waals surface area contributed by atoms with Gasteiger partial charge in [0.1, 0.15) is 0 Å². The molecule has 6 heteroatoms. The van der Waals surface area contributed by atoms with Crippen molar-refractivity contribution in [1.82, 2.24) is 10.3 Å². The summed E-state index contributed by atoms with van der Waals surface area (Å²) in [5.74, 6) is 0.0518.